The Morgan fingerprint density at radius 3 is 2.55 bits per heavy atom. The molecule has 1 aliphatic heterocycles. The van der Waals surface area contributed by atoms with E-state index in [-0.39, 0.29) is 16.7 Å². The van der Waals surface area contributed by atoms with E-state index in [1.807, 2.05) is 31.2 Å². The first-order valence-electron chi connectivity index (χ1n) is 11.2. The summed E-state index contributed by atoms with van der Waals surface area (Å²) in [6, 6.07) is 14.4. The van der Waals surface area contributed by atoms with E-state index < -0.39 is 10.0 Å². The average molecular weight is 469 g/mol. The number of anilines is 1. The zero-order chi connectivity index (χ0) is 23.4. The Morgan fingerprint density at radius 1 is 1.09 bits per heavy atom. The summed E-state index contributed by atoms with van der Waals surface area (Å²) < 4.78 is 33.0. The molecule has 1 saturated heterocycles. The zero-order valence-corrected chi connectivity index (χ0v) is 19.6. The summed E-state index contributed by atoms with van der Waals surface area (Å²) in [6.45, 7) is 4.56. The van der Waals surface area contributed by atoms with Crippen molar-refractivity contribution in [2.45, 2.75) is 44.4 Å². The number of nitrogens with one attached hydrogen (secondary N) is 1. The molecule has 0 atom stereocenters. The zero-order valence-electron chi connectivity index (χ0n) is 18.8. The van der Waals surface area contributed by atoms with E-state index in [9.17, 15) is 13.2 Å². The largest absolute Gasteiger partial charge is 0.339 e. The van der Waals surface area contributed by atoms with Crippen molar-refractivity contribution in [3.63, 3.8) is 0 Å². The first-order chi connectivity index (χ1) is 15.9. The second kappa shape index (κ2) is 9.84. The van der Waals surface area contributed by atoms with Crippen molar-refractivity contribution >= 4 is 21.6 Å². The molecule has 8 nitrogen and oxygen atoms in total. The van der Waals surface area contributed by atoms with Gasteiger partial charge in [-0.05, 0) is 49.1 Å². The third-order valence-electron chi connectivity index (χ3n) is 5.93. The fraction of sp³-hybridized carbons (Fsp3) is 0.375. The Morgan fingerprint density at radius 2 is 1.85 bits per heavy atom. The maximum atomic E-state index is 13.2. The van der Waals surface area contributed by atoms with E-state index in [1.54, 1.807) is 24.3 Å². The third-order valence-corrected chi connectivity index (χ3v) is 7.82. The molecular formula is C24H28N4O4S. The van der Waals surface area contributed by atoms with Gasteiger partial charge in [-0.25, -0.2) is 8.42 Å². The molecule has 3 aromatic rings. The van der Waals surface area contributed by atoms with Gasteiger partial charge in [-0.2, -0.15) is 9.29 Å². The van der Waals surface area contributed by atoms with Gasteiger partial charge in [-0.3, -0.25) is 4.79 Å². The number of benzene rings is 2. The van der Waals surface area contributed by atoms with Crippen LogP contribution >= 0.6 is 0 Å². The van der Waals surface area contributed by atoms with Crippen LogP contribution in [0.1, 0.15) is 38.1 Å². The highest BCUT2D eigenvalue weighted by Crippen LogP contribution is 2.27. The lowest BCUT2D eigenvalue weighted by atomic mass is 9.97. The molecule has 1 aromatic heterocycles. The molecule has 174 valence electrons. The third kappa shape index (κ3) is 5.15. The molecule has 33 heavy (non-hydrogen) atoms. The lowest BCUT2D eigenvalue weighted by Gasteiger charge is -2.30. The second-order valence-corrected chi connectivity index (χ2v) is 10.1. The van der Waals surface area contributed by atoms with Crippen molar-refractivity contribution in [1.29, 1.82) is 0 Å². The highest BCUT2D eigenvalue weighted by molar-refractivity contribution is 7.89. The summed E-state index contributed by atoms with van der Waals surface area (Å²) in [5.74, 6) is 0.581. The Hall–Kier alpha value is -3.04. The number of nitrogens with zero attached hydrogens (tertiary/aromatic N) is 3. The standard InChI is InChI=1S/C24H28N4O4S/c1-3-17-7-5-9-20(15-17)25-24(29)18-11-13-28(14-12-18)33(30,31)21-10-6-8-19(16-21)23-26-22(4-2)32-27-23/h5-10,15-16,18H,3-4,11-14H2,1-2H3,(H,25,29). The molecule has 1 amide bonds. The van der Waals surface area contributed by atoms with Gasteiger partial charge in [-0.1, -0.05) is 43.3 Å². The predicted octanol–water partition coefficient (Wildman–Crippen LogP) is 3.90. The highest BCUT2D eigenvalue weighted by atomic mass is 32.2. The van der Waals surface area contributed by atoms with Crippen LogP contribution in [0.4, 0.5) is 5.69 Å². The molecule has 0 bridgehead atoms. The van der Waals surface area contributed by atoms with Crippen molar-refractivity contribution in [3.05, 3.63) is 60.0 Å². The normalized spacial score (nSPS) is 15.5. The highest BCUT2D eigenvalue weighted by Gasteiger charge is 2.32. The molecule has 9 heteroatoms. The molecule has 4 rings (SSSR count). The number of sulfonamides is 1. The maximum absolute atomic E-state index is 13.2. The van der Waals surface area contributed by atoms with Gasteiger partial charge >= 0.3 is 0 Å². The monoisotopic (exact) mass is 468 g/mol. The van der Waals surface area contributed by atoms with E-state index in [1.165, 1.54) is 4.31 Å². The van der Waals surface area contributed by atoms with Gasteiger partial charge in [-0.15, -0.1) is 0 Å². The fourth-order valence-corrected chi connectivity index (χ4v) is 5.45. The van der Waals surface area contributed by atoms with E-state index in [4.69, 9.17) is 4.52 Å². The van der Waals surface area contributed by atoms with Crippen molar-refractivity contribution < 1.29 is 17.7 Å². The minimum absolute atomic E-state index is 0.0638. The quantitative estimate of drug-likeness (QED) is 0.564. The van der Waals surface area contributed by atoms with Crippen LogP contribution in [0.25, 0.3) is 11.4 Å². The Balaban J connectivity index is 1.41. The van der Waals surface area contributed by atoms with E-state index in [0.717, 1.165) is 17.7 Å². The molecule has 2 heterocycles. The minimum atomic E-state index is -3.69. The second-order valence-electron chi connectivity index (χ2n) is 8.11. The molecule has 2 aromatic carbocycles. The Bertz CT molecular complexity index is 1230. The molecular weight excluding hydrogens is 440 g/mol. The summed E-state index contributed by atoms with van der Waals surface area (Å²) in [5, 5.41) is 6.90. The molecule has 1 fully saturated rings. The topological polar surface area (TPSA) is 105 Å². The summed E-state index contributed by atoms with van der Waals surface area (Å²) in [4.78, 5) is 17.2. The van der Waals surface area contributed by atoms with Gasteiger partial charge in [0.2, 0.25) is 27.6 Å². The molecule has 0 unspecified atom stereocenters. The predicted molar refractivity (Wildman–Crippen MR) is 125 cm³/mol. The van der Waals surface area contributed by atoms with Crippen LogP contribution < -0.4 is 5.32 Å². The number of carbonyl (C=O) groups is 1. The summed E-state index contributed by atoms with van der Waals surface area (Å²) in [7, 11) is -3.69. The van der Waals surface area contributed by atoms with Crippen LogP contribution in [0, 0.1) is 5.92 Å². The molecule has 1 aliphatic rings. The summed E-state index contributed by atoms with van der Waals surface area (Å²) >= 11 is 0. The smallest absolute Gasteiger partial charge is 0.243 e. The van der Waals surface area contributed by atoms with Crippen LogP contribution in [0.2, 0.25) is 0 Å². The molecule has 0 aliphatic carbocycles. The molecule has 0 saturated carbocycles. The summed E-state index contributed by atoms with van der Waals surface area (Å²) in [5.41, 5.74) is 2.52. The molecule has 1 N–H and O–H groups in total. The van der Waals surface area contributed by atoms with Gasteiger partial charge in [0.05, 0.1) is 4.90 Å². The first kappa shape index (κ1) is 23.1. The van der Waals surface area contributed by atoms with Gasteiger partial charge in [0.25, 0.3) is 0 Å². The lowest BCUT2D eigenvalue weighted by Crippen LogP contribution is -2.41. The number of aryl methyl sites for hydroxylation is 2. The van der Waals surface area contributed by atoms with Crippen molar-refractivity contribution in [1.82, 2.24) is 14.4 Å². The van der Waals surface area contributed by atoms with Crippen molar-refractivity contribution in [2.24, 2.45) is 5.92 Å². The van der Waals surface area contributed by atoms with Crippen molar-refractivity contribution in [2.75, 3.05) is 18.4 Å². The molecule has 0 spiro atoms. The lowest BCUT2D eigenvalue weighted by molar-refractivity contribution is -0.120. The maximum Gasteiger partial charge on any atom is 0.243 e. The van der Waals surface area contributed by atoms with Gasteiger partial charge in [0.15, 0.2) is 0 Å². The van der Waals surface area contributed by atoms with Gasteiger partial charge < -0.3 is 9.84 Å². The number of amides is 1. The van der Waals surface area contributed by atoms with E-state index in [2.05, 4.69) is 22.4 Å². The van der Waals surface area contributed by atoms with Crippen LogP contribution in [-0.4, -0.2) is 41.9 Å². The SMILES string of the molecule is CCc1cccc(NC(=O)C2CCN(S(=O)(=O)c3cccc(-c4noc(CC)n4)c3)CC2)c1. The fourth-order valence-electron chi connectivity index (χ4n) is 3.93. The van der Waals surface area contributed by atoms with Crippen LogP contribution in [0.5, 0.6) is 0 Å². The van der Waals surface area contributed by atoms with Crippen molar-refractivity contribution in [3.8, 4) is 11.4 Å². The van der Waals surface area contributed by atoms with Crippen LogP contribution in [0.3, 0.4) is 0 Å². The van der Waals surface area contributed by atoms with E-state index >= 15 is 0 Å². The summed E-state index contributed by atoms with van der Waals surface area (Å²) in [6.07, 6.45) is 2.46. The van der Waals surface area contributed by atoms with E-state index in [0.29, 0.717) is 49.6 Å². The Kier molecular flexibility index (Phi) is 6.90. The minimum Gasteiger partial charge on any atom is -0.339 e. The number of carbonyl (C=O) groups excluding carboxylic acids is 1. The number of rotatable bonds is 7. The van der Waals surface area contributed by atoms with Crippen LogP contribution in [-0.2, 0) is 27.7 Å². The number of aromatic nitrogens is 2. The Labute approximate surface area is 194 Å². The first-order valence-corrected chi connectivity index (χ1v) is 12.7. The van der Waals surface area contributed by atoms with Gasteiger partial charge in [0, 0.05) is 36.7 Å². The number of hydrogen-bond acceptors (Lipinski definition) is 6. The van der Waals surface area contributed by atoms with Gasteiger partial charge in [0.1, 0.15) is 0 Å². The molecule has 0 radical (unpaired) electrons. The number of hydrogen-bond donors (Lipinski definition) is 1. The van der Waals surface area contributed by atoms with Crippen LogP contribution in [0.15, 0.2) is 57.9 Å². The number of piperidine rings is 1. The average Bonchev–Trinajstić information content (AvgIpc) is 3.34.